The number of rotatable bonds is 7. The molecule has 1 saturated heterocycles. The predicted octanol–water partition coefficient (Wildman–Crippen LogP) is 4.14. The zero-order valence-electron chi connectivity index (χ0n) is 19.2. The fourth-order valence-electron chi connectivity index (χ4n) is 4.57. The van der Waals surface area contributed by atoms with E-state index in [4.69, 9.17) is 9.52 Å². The molecule has 2 aromatic heterocycles. The molecule has 2 aliphatic rings. The number of anilines is 1. The average Bonchev–Trinajstić information content (AvgIpc) is 3.47. The van der Waals surface area contributed by atoms with Gasteiger partial charge in [-0.05, 0) is 70.1 Å². The molecule has 0 atom stereocenters. The third kappa shape index (κ3) is 4.45. The van der Waals surface area contributed by atoms with Crippen molar-refractivity contribution in [3.05, 3.63) is 65.0 Å². The second kappa shape index (κ2) is 8.71. The monoisotopic (exact) mass is 437 g/mol. The molecule has 3 heterocycles. The Labute approximate surface area is 189 Å². The van der Waals surface area contributed by atoms with Gasteiger partial charge in [0.05, 0.1) is 17.9 Å². The van der Waals surface area contributed by atoms with Gasteiger partial charge in [-0.1, -0.05) is 0 Å². The van der Waals surface area contributed by atoms with Crippen molar-refractivity contribution in [1.82, 2.24) is 19.6 Å². The van der Waals surface area contributed by atoms with Gasteiger partial charge in [0, 0.05) is 44.3 Å². The van der Waals surface area contributed by atoms with Gasteiger partial charge in [-0.15, -0.1) is 0 Å². The summed E-state index contributed by atoms with van der Waals surface area (Å²) in [6.45, 7) is 9.68. The minimum atomic E-state index is -0.229. The highest BCUT2D eigenvalue weighted by Crippen LogP contribution is 2.35. The molecule has 1 saturated carbocycles. The Hall–Kier alpha value is -2.64. The summed E-state index contributed by atoms with van der Waals surface area (Å²) < 4.78 is 21.5. The molecule has 3 aromatic rings. The molecule has 2 fully saturated rings. The Morgan fingerprint density at radius 2 is 1.72 bits per heavy atom. The van der Waals surface area contributed by atoms with E-state index in [-0.39, 0.29) is 5.82 Å². The number of nitrogens with zero attached hydrogens (tertiary/aromatic N) is 5. The SMILES string of the molecule is Cc1ccc(CN(Cc2c(C)nn(-c3ccc(F)cc3)c2N2CCN(C)CC2)C2CC2)o1. The second-order valence-corrected chi connectivity index (χ2v) is 9.21. The van der Waals surface area contributed by atoms with Gasteiger partial charge in [0.25, 0.3) is 0 Å². The Balaban J connectivity index is 1.50. The lowest BCUT2D eigenvalue weighted by atomic mass is 10.1. The topological polar surface area (TPSA) is 40.7 Å². The number of halogens is 1. The van der Waals surface area contributed by atoms with Crippen molar-refractivity contribution in [1.29, 1.82) is 0 Å². The van der Waals surface area contributed by atoms with Crippen molar-refractivity contribution < 1.29 is 8.81 Å². The zero-order valence-corrected chi connectivity index (χ0v) is 19.2. The maximum absolute atomic E-state index is 13.6. The summed E-state index contributed by atoms with van der Waals surface area (Å²) in [6, 6.07) is 11.4. The zero-order chi connectivity index (χ0) is 22.2. The van der Waals surface area contributed by atoms with Crippen molar-refractivity contribution in [2.24, 2.45) is 0 Å². The highest BCUT2D eigenvalue weighted by molar-refractivity contribution is 5.56. The summed E-state index contributed by atoms with van der Waals surface area (Å²) in [4.78, 5) is 7.33. The third-order valence-corrected chi connectivity index (χ3v) is 6.61. The first kappa shape index (κ1) is 21.2. The van der Waals surface area contributed by atoms with Crippen LogP contribution in [0.2, 0.25) is 0 Å². The average molecular weight is 438 g/mol. The maximum atomic E-state index is 13.6. The van der Waals surface area contributed by atoms with Crippen LogP contribution in [0.3, 0.4) is 0 Å². The van der Waals surface area contributed by atoms with Gasteiger partial charge in [-0.3, -0.25) is 4.90 Å². The van der Waals surface area contributed by atoms with E-state index < -0.39 is 0 Å². The third-order valence-electron chi connectivity index (χ3n) is 6.61. The molecule has 0 spiro atoms. The van der Waals surface area contributed by atoms with E-state index in [1.54, 1.807) is 0 Å². The summed E-state index contributed by atoms with van der Waals surface area (Å²) >= 11 is 0. The number of likely N-dealkylation sites (N-methyl/N-ethyl adjacent to an activating group) is 1. The molecule has 170 valence electrons. The lowest BCUT2D eigenvalue weighted by Gasteiger charge is -2.35. The molecule has 6 nitrogen and oxygen atoms in total. The van der Waals surface area contributed by atoms with Crippen LogP contribution >= 0.6 is 0 Å². The first-order chi connectivity index (χ1) is 15.5. The van der Waals surface area contributed by atoms with Crippen LogP contribution in [0.25, 0.3) is 5.69 Å². The van der Waals surface area contributed by atoms with Gasteiger partial charge < -0.3 is 14.2 Å². The molecule has 0 N–H and O–H groups in total. The fraction of sp³-hybridized carbons (Fsp3) is 0.480. The van der Waals surface area contributed by atoms with Gasteiger partial charge >= 0.3 is 0 Å². The first-order valence-corrected chi connectivity index (χ1v) is 11.6. The summed E-state index contributed by atoms with van der Waals surface area (Å²) in [5.74, 6) is 2.88. The minimum absolute atomic E-state index is 0.229. The van der Waals surface area contributed by atoms with Crippen LogP contribution in [0, 0.1) is 19.7 Å². The van der Waals surface area contributed by atoms with Crippen LogP contribution in [-0.4, -0.2) is 58.8 Å². The lowest BCUT2D eigenvalue weighted by Crippen LogP contribution is -2.45. The van der Waals surface area contributed by atoms with E-state index in [0.29, 0.717) is 6.04 Å². The predicted molar refractivity (Wildman–Crippen MR) is 124 cm³/mol. The van der Waals surface area contributed by atoms with Crippen molar-refractivity contribution in [3.63, 3.8) is 0 Å². The van der Waals surface area contributed by atoms with Crippen LogP contribution in [-0.2, 0) is 13.1 Å². The first-order valence-electron chi connectivity index (χ1n) is 11.6. The van der Waals surface area contributed by atoms with Crippen molar-refractivity contribution in [2.75, 3.05) is 38.1 Å². The Morgan fingerprint density at radius 1 is 1.00 bits per heavy atom. The van der Waals surface area contributed by atoms with Gasteiger partial charge in [0.15, 0.2) is 0 Å². The highest BCUT2D eigenvalue weighted by atomic mass is 19.1. The minimum Gasteiger partial charge on any atom is -0.465 e. The number of hydrogen-bond donors (Lipinski definition) is 0. The van der Waals surface area contributed by atoms with Gasteiger partial charge in [0.2, 0.25) is 0 Å². The van der Waals surface area contributed by atoms with E-state index in [2.05, 4.69) is 34.7 Å². The van der Waals surface area contributed by atoms with Gasteiger partial charge in [0.1, 0.15) is 23.2 Å². The normalized spacial score (nSPS) is 17.5. The molecule has 1 aliphatic heterocycles. The van der Waals surface area contributed by atoms with Crippen LogP contribution in [0.4, 0.5) is 10.2 Å². The smallest absolute Gasteiger partial charge is 0.137 e. The lowest BCUT2D eigenvalue weighted by molar-refractivity contribution is 0.223. The van der Waals surface area contributed by atoms with Crippen molar-refractivity contribution in [2.45, 2.75) is 45.8 Å². The summed E-state index contributed by atoms with van der Waals surface area (Å²) in [5.41, 5.74) is 3.19. The number of piperazine rings is 1. The molecule has 0 radical (unpaired) electrons. The maximum Gasteiger partial charge on any atom is 0.137 e. The molecule has 7 heteroatoms. The molecular formula is C25H32FN5O. The molecule has 5 rings (SSSR count). The van der Waals surface area contributed by atoms with Crippen LogP contribution in [0.15, 0.2) is 40.8 Å². The number of aromatic nitrogens is 2. The van der Waals surface area contributed by atoms with E-state index in [9.17, 15) is 4.39 Å². The molecule has 0 amide bonds. The van der Waals surface area contributed by atoms with Gasteiger partial charge in [-0.25, -0.2) is 9.07 Å². The summed E-state index contributed by atoms with van der Waals surface area (Å²) in [7, 11) is 2.17. The standard InChI is InChI=1S/C25H32FN5O/c1-18-4-11-23(32-18)16-30(21-9-10-21)17-24-19(2)27-31(22-7-5-20(26)6-8-22)25(24)29-14-12-28(3)13-15-29/h4-8,11,21H,9-10,12-17H2,1-3H3. The highest BCUT2D eigenvalue weighted by Gasteiger charge is 2.33. The fourth-order valence-corrected chi connectivity index (χ4v) is 4.57. The van der Waals surface area contributed by atoms with E-state index in [1.165, 1.54) is 30.5 Å². The van der Waals surface area contributed by atoms with E-state index in [1.807, 2.05) is 29.8 Å². The Bertz CT molecular complexity index is 1060. The van der Waals surface area contributed by atoms with E-state index >= 15 is 0 Å². The molecule has 1 aromatic carbocycles. The van der Waals surface area contributed by atoms with E-state index in [0.717, 1.165) is 68.0 Å². The molecule has 0 unspecified atom stereocenters. The molecule has 32 heavy (non-hydrogen) atoms. The van der Waals surface area contributed by atoms with Crippen LogP contribution < -0.4 is 4.90 Å². The number of furan rings is 1. The Kier molecular flexibility index (Phi) is 5.78. The molecule has 1 aliphatic carbocycles. The van der Waals surface area contributed by atoms with Gasteiger partial charge in [-0.2, -0.15) is 5.10 Å². The summed E-state index contributed by atoms with van der Waals surface area (Å²) in [5, 5.41) is 4.94. The Morgan fingerprint density at radius 3 is 2.34 bits per heavy atom. The number of aryl methyl sites for hydroxylation is 2. The van der Waals surface area contributed by atoms with Crippen LogP contribution in [0.5, 0.6) is 0 Å². The number of benzene rings is 1. The quantitative estimate of drug-likeness (QED) is 0.556. The largest absolute Gasteiger partial charge is 0.465 e. The molecule has 0 bridgehead atoms. The van der Waals surface area contributed by atoms with Crippen LogP contribution in [0.1, 0.15) is 35.6 Å². The van der Waals surface area contributed by atoms with Crippen molar-refractivity contribution >= 4 is 5.82 Å². The second-order valence-electron chi connectivity index (χ2n) is 9.21. The number of hydrogen-bond acceptors (Lipinski definition) is 5. The molecular weight excluding hydrogens is 405 g/mol. The summed E-state index contributed by atoms with van der Waals surface area (Å²) in [6.07, 6.45) is 2.46. The van der Waals surface area contributed by atoms with Crippen molar-refractivity contribution in [3.8, 4) is 5.69 Å².